The van der Waals surface area contributed by atoms with Crippen molar-refractivity contribution in [2.45, 2.75) is 31.5 Å². The lowest BCUT2D eigenvalue weighted by Gasteiger charge is -2.47. The van der Waals surface area contributed by atoms with Crippen LogP contribution in [0, 0.1) is 0 Å². The zero-order valence-electron chi connectivity index (χ0n) is 10.1. The van der Waals surface area contributed by atoms with Gasteiger partial charge in [0.15, 0.2) is 0 Å². The fraction of sp³-hybridized carbons (Fsp3) is 0.750. The summed E-state index contributed by atoms with van der Waals surface area (Å²) in [4.78, 5) is 7.02. The average Bonchev–Trinajstić information content (AvgIpc) is 2.86. The van der Waals surface area contributed by atoms with Crippen molar-refractivity contribution in [1.82, 2.24) is 14.5 Å². The molecule has 0 bridgehead atoms. The third kappa shape index (κ3) is 2.00. The van der Waals surface area contributed by atoms with E-state index in [1.54, 1.807) is 0 Å². The van der Waals surface area contributed by atoms with Gasteiger partial charge in [0.2, 0.25) is 0 Å². The number of thioether (sulfide) groups is 1. The Morgan fingerprint density at radius 2 is 2.18 bits per heavy atom. The molecule has 0 unspecified atom stereocenters. The molecule has 4 nitrogen and oxygen atoms in total. The molecule has 3 heterocycles. The molecular formula is C12H20N4S. The highest BCUT2D eigenvalue weighted by Crippen LogP contribution is 2.33. The lowest BCUT2D eigenvalue weighted by atomic mass is 9.89. The van der Waals surface area contributed by atoms with Crippen molar-refractivity contribution in [2.24, 2.45) is 5.73 Å². The molecule has 0 spiro atoms. The van der Waals surface area contributed by atoms with Gasteiger partial charge in [0.25, 0.3) is 0 Å². The van der Waals surface area contributed by atoms with E-state index in [4.69, 9.17) is 5.73 Å². The molecule has 0 aliphatic carbocycles. The summed E-state index contributed by atoms with van der Waals surface area (Å²) in [5.74, 6) is 3.70. The smallest absolute Gasteiger partial charge is 0.122 e. The second kappa shape index (κ2) is 4.63. The number of fused-ring (bicyclic) bond motifs is 1. The van der Waals surface area contributed by atoms with E-state index in [9.17, 15) is 0 Å². The van der Waals surface area contributed by atoms with E-state index in [0.29, 0.717) is 0 Å². The lowest BCUT2D eigenvalue weighted by molar-refractivity contribution is 0.0555. The van der Waals surface area contributed by atoms with E-state index in [2.05, 4.69) is 32.4 Å². The molecule has 0 aromatic carbocycles. The summed E-state index contributed by atoms with van der Waals surface area (Å²) in [6, 6.07) is 0. The Kier molecular flexibility index (Phi) is 3.15. The molecule has 2 N–H and O–H groups in total. The van der Waals surface area contributed by atoms with Gasteiger partial charge in [-0.05, 0) is 24.3 Å². The van der Waals surface area contributed by atoms with E-state index in [1.807, 2.05) is 6.20 Å². The lowest BCUT2D eigenvalue weighted by Crippen LogP contribution is -2.57. The van der Waals surface area contributed by atoms with Crippen LogP contribution < -0.4 is 5.73 Å². The molecule has 0 atom stereocenters. The normalized spacial score (nSPS) is 24.5. The summed E-state index contributed by atoms with van der Waals surface area (Å²) in [5, 5.41) is 0. The van der Waals surface area contributed by atoms with Crippen molar-refractivity contribution in [3.63, 3.8) is 0 Å². The van der Waals surface area contributed by atoms with Gasteiger partial charge in [0.1, 0.15) is 5.82 Å². The Hall–Kier alpha value is -0.520. The summed E-state index contributed by atoms with van der Waals surface area (Å²) in [6.45, 7) is 3.93. The van der Waals surface area contributed by atoms with Crippen LogP contribution in [0.25, 0.3) is 0 Å². The Morgan fingerprint density at radius 3 is 2.94 bits per heavy atom. The van der Waals surface area contributed by atoms with Gasteiger partial charge in [-0.3, -0.25) is 4.90 Å². The number of imidazole rings is 1. The van der Waals surface area contributed by atoms with Crippen LogP contribution in [0.1, 0.15) is 18.7 Å². The average molecular weight is 252 g/mol. The standard InChI is InChI=1S/C12H20N4S/c13-10-12(1-7-17-8-2-12)16-6-5-15-4-3-14-11(15)9-16/h3-4H,1-2,5-10,13H2. The van der Waals surface area contributed by atoms with Crippen LogP contribution >= 0.6 is 11.8 Å². The third-order valence-electron chi connectivity index (χ3n) is 4.22. The minimum Gasteiger partial charge on any atom is -0.333 e. The SMILES string of the molecule is NCC1(N2CCn3ccnc3C2)CCSCC1. The van der Waals surface area contributed by atoms with Gasteiger partial charge in [0, 0.05) is 37.6 Å². The van der Waals surface area contributed by atoms with Crippen LogP contribution in [-0.2, 0) is 13.1 Å². The van der Waals surface area contributed by atoms with Gasteiger partial charge >= 0.3 is 0 Å². The number of nitrogens with two attached hydrogens (primary N) is 1. The summed E-state index contributed by atoms with van der Waals surface area (Å²) >= 11 is 2.06. The van der Waals surface area contributed by atoms with Crippen LogP contribution in [0.3, 0.4) is 0 Å². The molecular weight excluding hydrogens is 232 g/mol. The molecule has 0 amide bonds. The zero-order chi connectivity index (χ0) is 11.7. The van der Waals surface area contributed by atoms with Crippen LogP contribution in [0.4, 0.5) is 0 Å². The molecule has 1 aromatic rings. The van der Waals surface area contributed by atoms with Gasteiger partial charge < -0.3 is 10.3 Å². The number of hydrogen-bond acceptors (Lipinski definition) is 4. The molecule has 2 aliphatic heterocycles. The monoisotopic (exact) mass is 252 g/mol. The molecule has 0 radical (unpaired) electrons. The summed E-state index contributed by atoms with van der Waals surface area (Å²) in [6.07, 6.45) is 6.45. The minimum absolute atomic E-state index is 0.239. The predicted molar refractivity (Wildman–Crippen MR) is 71.0 cm³/mol. The van der Waals surface area contributed by atoms with Crippen molar-refractivity contribution in [2.75, 3.05) is 24.6 Å². The minimum atomic E-state index is 0.239. The predicted octanol–water partition coefficient (Wildman–Crippen LogP) is 0.923. The highest BCUT2D eigenvalue weighted by molar-refractivity contribution is 7.99. The summed E-state index contributed by atoms with van der Waals surface area (Å²) in [7, 11) is 0. The number of rotatable bonds is 2. The Morgan fingerprint density at radius 1 is 1.35 bits per heavy atom. The first-order valence-electron chi connectivity index (χ1n) is 6.37. The van der Waals surface area contributed by atoms with Gasteiger partial charge in [-0.15, -0.1) is 0 Å². The quantitative estimate of drug-likeness (QED) is 0.850. The second-order valence-electron chi connectivity index (χ2n) is 5.00. The topological polar surface area (TPSA) is 47.1 Å². The van der Waals surface area contributed by atoms with Gasteiger partial charge in [-0.1, -0.05) is 0 Å². The van der Waals surface area contributed by atoms with Crippen LogP contribution in [0.2, 0.25) is 0 Å². The maximum atomic E-state index is 6.09. The molecule has 5 heteroatoms. The van der Waals surface area contributed by atoms with Crippen molar-refractivity contribution in [1.29, 1.82) is 0 Å². The van der Waals surface area contributed by atoms with E-state index in [0.717, 1.165) is 26.2 Å². The first kappa shape index (κ1) is 11.6. The molecule has 1 saturated heterocycles. The molecule has 3 rings (SSSR count). The maximum Gasteiger partial charge on any atom is 0.122 e. The van der Waals surface area contributed by atoms with Crippen molar-refractivity contribution in [3.05, 3.63) is 18.2 Å². The van der Waals surface area contributed by atoms with Gasteiger partial charge in [-0.25, -0.2) is 4.98 Å². The summed E-state index contributed by atoms with van der Waals surface area (Å²) < 4.78 is 2.26. The van der Waals surface area contributed by atoms with Crippen LogP contribution in [0.15, 0.2) is 12.4 Å². The number of hydrogen-bond donors (Lipinski definition) is 1. The van der Waals surface area contributed by atoms with Crippen LogP contribution in [-0.4, -0.2) is 44.6 Å². The van der Waals surface area contributed by atoms with E-state index >= 15 is 0 Å². The van der Waals surface area contributed by atoms with Gasteiger partial charge in [0.05, 0.1) is 6.54 Å². The number of nitrogens with zero attached hydrogens (tertiary/aromatic N) is 3. The van der Waals surface area contributed by atoms with Crippen molar-refractivity contribution < 1.29 is 0 Å². The highest BCUT2D eigenvalue weighted by atomic mass is 32.2. The molecule has 1 aromatic heterocycles. The van der Waals surface area contributed by atoms with E-state index in [-0.39, 0.29) is 5.54 Å². The van der Waals surface area contributed by atoms with E-state index in [1.165, 1.54) is 30.2 Å². The van der Waals surface area contributed by atoms with Crippen molar-refractivity contribution in [3.8, 4) is 0 Å². The molecule has 1 fully saturated rings. The van der Waals surface area contributed by atoms with E-state index < -0.39 is 0 Å². The fourth-order valence-electron chi connectivity index (χ4n) is 2.98. The Balaban J connectivity index is 1.80. The first-order chi connectivity index (χ1) is 8.34. The largest absolute Gasteiger partial charge is 0.333 e. The highest BCUT2D eigenvalue weighted by Gasteiger charge is 2.38. The van der Waals surface area contributed by atoms with Gasteiger partial charge in [-0.2, -0.15) is 11.8 Å². The number of aromatic nitrogens is 2. The third-order valence-corrected chi connectivity index (χ3v) is 5.20. The summed E-state index contributed by atoms with van der Waals surface area (Å²) in [5.41, 5.74) is 6.32. The fourth-order valence-corrected chi connectivity index (χ4v) is 4.23. The molecule has 94 valence electrons. The Bertz CT molecular complexity index is 384. The zero-order valence-corrected chi connectivity index (χ0v) is 11.0. The second-order valence-corrected chi connectivity index (χ2v) is 6.22. The molecule has 0 saturated carbocycles. The molecule has 17 heavy (non-hydrogen) atoms. The maximum absolute atomic E-state index is 6.09. The first-order valence-corrected chi connectivity index (χ1v) is 7.52. The Labute approximate surface area is 107 Å². The van der Waals surface area contributed by atoms with Crippen molar-refractivity contribution >= 4 is 11.8 Å². The molecule has 2 aliphatic rings. The van der Waals surface area contributed by atoms with Crippen LogP contribution in [0.5, 0.6) is 0 Å².